The molecule has 1 N–H and O–H groups in total. The lowest BCUT2D eigenvalue weighted by Crippen LogP contribution is -2.30. The Labute approximate surface area is 183 Å². The molecule has 3 rings (SSSR count). The number of nitro groups is 1. The summed E-state index contributed by atoms with van der Waals surface area (Å²) in [6.07, 6.45) is 1.19. The summed E-state index contributed by atoms with van der Waals surface area (Å²) in [6.45, 7) is 3.81. The van der Waals surface area contributed by atoms with Crippen LogP contribution in [0.3, 0.4) is 0 Å². The fraction of sp³-hybridized carbons (Fsp3) is 0.250. The van der Waals surface area contributed by atoms with Gasteiger partial charge in [-0.15, -0.1) is 0 Å². The number of rotatable bonds is 8. The van der Waals surface area contributed by atoms with Gasteiger partial charge < -0.3 is 5.32 Å². The minimum absolute atomic E-state index is 0.0282. The molecule has 0 bridgehead atoms. The average Bonchev–Trinajstić information content (AvgIpc) is 2.76. The minimum atomic E-state index is -3.61. The van der Waals surface area contributed by atoms with Crippen LogP contribution in [0.1, 0.15) is 13.8 Å². The first-order valence-electron chi connectivity index (χ1n) is 9.71. The van der Waals surface area contributed by atoms with Crippen molar-refractivity contribution in [2.45, 2.75) is 25.3 Å². The Morgan fingerprint density at radius 1 is 1.16 bits per heavy atom. The molecule has 3 aromatic rings. The number of non-ortho nitro benzene ring substituents is 1. The summed E-state index contributed by atoms with van der Waals surface area (Å²) in [7, 11) is -3.61. The number of sulfonamides is 1. The molecular formula is C20H21N5O6S. The number of hydrogen-bond donors (Lipinski definition) is 1. The molecule has 1 heterocycles. The lowest BCUT2D eigenvalue weighted by Gasteiger charge is -2.18. The molecule has 0 saturated heterocycles. The third kappa shape index (κ3) is 4.65. The molecule has 1 amide bonds. The number of carbonyl (C=O) groups is 1. The summed E-state index contributed by atoms with van der Waals surface area (Å²) >= 11 is 0. The zero-order valence-electron chi connectivity index (χ0n) is 17.4. The molecule has 0 fully saturated rings. The Balaban J connectivity index is 1.77. The molecule has 0 aliphatic rings. The van der Waals surface area contributed by atoms with E-state index in [0.717, 1.165) is 10.6 Å². The lowest BCUT2D eigenvalue weighted by atomic mass is 10.2. The SMILES string of the molecule is CCN(CC)S(=O)(=O)c1ccc(NC(=O)Cn2cnc3ccc([N+](=O)[O-])cc3c2=O)cc1. The van der Waals surface area contributed by atoms with Crippen molar-refractivity contribution >= 4 is 38.2 Å². The molecule has 1 aromatic heterocycles. The van der Waals surface area contributed by atoms with Crippen molar-refractivity contribution < 1.29 is 18.1 Å². The normalized spacial score (nSPS) is 11.6. The topological polar surface area (TPSA) is 145 Å². The standard InChI is InChI=1S/C20H21N5O6S/c1-3-24(4-2)32(30,31)16-8-5-14(6-9-16)22-19(26)12-23-13-21-18-10-7-15(25(28)29)11-17(18)20(23)27/h5-11,13H,3-4,12H2,1-2H3,(H,22,26). The van der Waals surface area contributed by atoms with Crippen LogP contribution >= 0.6 is 0 Å². The number of amides is 1. The highest BCUT2D eigenvalue weighted by Gasteiger charge is 2.21. The van der Waals surface area contributed by atoms with Crippen LogP contribution in [-0.4, -0.2) is 46.2 Å². The van der Waals surface area contributed by atoms with Gasteiger partial charge in [-0.1, -0.05) is 13.8 Å². The summed E-state index contributed by atoms with van der Waals surface area (Å²) in [5, 5.41) is 13.6. The molecule has 168 valence electrons. The predicted octanol–water partition coefficient (Wildman–Crippen LogP) is 1.97. The predicted molar refractivity (Wildman–Crippen MR) is 118 cm³/mol. The van der Waals surface area contributed by atoms with Gasteiger partial charge in [0.1, 0.15) is 6.54 Å². The first-order valence-corrected chi connectivity index (χ1v) is 11.1. The smallest absolute Gasteiger partial charge is 0.270 e. The van der Waals surface area contributed by atoms with Crippen LogP contribution in [0.15, 0.2) is 58.5 Å². The van der Waals surface area contributed by atoms with Crippen LogP contribution in [0.2, 0.25) is 0 Å². The minimum Gasteiger partial charge on any atom is -0.325 e. The monoisotopic (exact) mass is 459 g/mol. The third-order valence-corrected chi connectivity index (χ3v) is 6.88. The molecule has 32 heavy (non-hydrogen) atoms. The van der Waals surface area contributed by atoms with Gasteiger partial charge in [-0.3, -0.25) is 24.3 Å². The molecular weight excluding hydrogens is 438 g/mol. The highest BCUT2D eigenvalue weighted by atomic mass is 32.2. The van der Waals surface area contributed by atoms with E-state index in [1.807, 2.05) is 0 Å². The number of hydrogen-bond acceptors (Lipinski definition) is 7. The van der Waals surface area contributed by atoms with Crippen molar-refractivity contribution in [2.24, 2.45) is 0 Å². The van der Waals surface area contributed by atoms with Crippen LogP contribution in [0.25, 0.3) is 10.9 Å². The largest absolute Gasteiger partial charge is 0.325 e. The summed E-state index contributed by atoms with van der Waals surface area (Å²) < 4.78 is 27.4. The molecule has 0 radical (unpaired) electrons. The number of nitrogens with one attached hydrogen (secondary N) is 1. The quantitative estimate of drug-likeness (QED) is 0.400. The van der Waals surface area contributed by atoms with E-state index in [4.69, 9.17) is 0 Å². The Bertz CT molecular complexity index is 1330. The fourth-order valence-corrected chi connectivity index (χ4v) is 4.61. The number of fused-ring (bicyclic) bond motifs is 1. The van der Waals surface area contributed by atoms with Crippen molar-refractivity contribution in [1.82, 2.24) is 13.9 Å². The fourth-order valence-electron chi connectivity index (χ4n) is 3.15. The maximum absolute atomic E-state index is 12.6. The number of benzene rings is 2. The molecule has 0 spiro atoms. The zero-order valence-corrected chi connectivity index (χ0v) is 18.2. The lowest BCUT2D eigenvalue weighted by molar-refractivity contribution is -0.384. The molecule has 12 heteroatoms. The second-order valence-electron chi connectivity index (χ2n) is 6.80. The number of aromatic nitrogens is 2. The Hall–Kier alpha value is -3.64. The Morgan fingerprint density at radius 2 is 1.81 bits per heavy atom. The van der Waals surface area contributed by atoms with Gasteiger partial charge in [0.15, 0.2) is 0 Å². The van der Waals surface area contributed by atoms with Crippen LogP contribution < -0.4 is 10.9 Å². The van der Waals surface area contributed by atoms with E-state index in [9.17, 15) is 28.1 Å². The van der Waals surface area contributed by atoms with Gasteiger partial charge in [-0.25, -0.2) is 13.4 Å². The van der Waals surface area contributed by atoms with E-state index in [-0.39, 0.29) is 28.0 Å². The highest BCUT2D eigenvalue weighted by Crippen LogP contribution is 2.19. The van der Waals surface area contributed by atoms with E-state index in [1.165, 1.54) is 47.0 Å². The van der Waals surface area contributed by atoms with Crippen molar-refractivity contribution in [2.75, 3.05) is 18.4 Å². The van der Waals surface area contributed by atoms with Crippen molar-refractivity contribution in [3.05, 3.63) is 69.3 Å². The molecule has 0 aliphatic carbocycles. The first-order chi connectivity index (χ1) is 15.2. The van der Waals surface area contributed by atoms with Gasteiger partial charge in [0, 0.05) is 30.9 Å². The molecule has 0 unspecified atom stereocenters. The van der Waals surface area contributed by atoms with Crippen LogP contribution in [-0.2, 0) is 21.4 Å². The highest BCUT2D eigenvalue weighted by molar-refractivity contribution is 7.89. The average molecular weight is 459 g/mol. The van der Waals surface area contributed by atoms with E-state index in [0.29, 0.717) is 18.8 Å². The molecule has 0 atom stereocenters. The van der Waals surface area contributed by atoms with Crippen molar-refractivity contribution in [3.63, 3.8) is 0 Å². The van der Waals surface area contributed by atoms with Crippen LogP contribution in [0.5, 0.6) is 0 Å². The first kappa shape index (κ1) is 23.0. The second kappa shape index (κ2) is 9.24. The maximum Gasteiger partial charge on any atom is 0.270 e. The number of nitro benzene ring substituents is 1. The Kier molecular flexibility index (Phi) is 6.65. The molecule has 2 aromatic carbocycles. The third-order valence-electron chi connectivity index (χ3n) is 4.81. The van der Waals surface area contributed by atoms with E-state index < -0.39 is 26.4 Å². The maximum atomic E-state index is 12.6. The molecule has 0 aliphatic heterocycles. The summed E-state index contributed by atoms with van der Waals surface area (Å²) in [5.41, 5.74) is -0.207. The van der Waals surface area contributed by atoms with Crippen LogP contribution in [0.4, 0.5) is 11.4 Å². The Morgan fingerprint density at radius 3 is 2.41 bits per heavy atom. The van der Waals surface area contributed by atoms with Crippen molar-refractivity contribution in [3.8, 4) is 0 Å². The van der Waals surface area contributed by atoms with Gasteiger partial charge in [0.05, 0.1) is 27.0 Å². The van der Waals surface area contributed by atoms with Gasteiger partial charge in [-0.2, -0.15) is 4.31 Å². The second-order valence-corrected chi connectivity index (χ2v) is 8.74. The molecule has 0 saturated carbocycles. The van der Waals surface area contributed by atoms with E-state index >= 15 is 0 Å². The van der Waals surface area contributed by atoms with Gasteiger partial charge in [-0.05, 0) is 30.3 Å². The van der Waals surface area contributed by atoms with Gasteiger partial charge in [0.2, 0.25) is 15.9 Å². The summed E-state index contributed by atoms with van der Waals surface area (Å²) in [6, 6.07) is 9.44. The van der Waals surface area contributed by atoms with E-state index in [2.05, 4.69) is 10.3 Å². The number of carbonyl (C=O) groups excluding carboxylic acids is 1. The number of anilines is 1. The van der Waals surface area contributed by atoms with Crippen LogP contribution in [0, 0.1) is 10.1 Å². The molecule has 11 nitrogen and oxygen atoms in total. The van der Waals surface area contributed by atoms with E-state index in [1.54, 1.807) is 13.8 Å². The number of nitrogens with zero attached hydrogens (tertiary/aromatic N) is 4. The van der Waals surface area contributed by atoms with Gasteiger partial charge in [0.25, 0.3) is 11.2 Å². The van der Waals surface area contributed by atoms with Gasteiger partial charge >= 0.3 is 0 Å². The summed E-state index contributed by atoms with van der Waals surface area (Å²) in [5.74, 6) is -0.543. The zero-order chi connectivity index (χ0) is 23.5. The van der Waals surface area contributed by atoms with Crippen molar-refractivity contribution in [1.29, 1.82) is 0 Å². The summed E-state index contributed by atoms with van der Waals surface area (Å²) in [4.78, 5) is 39.5.